The topological polar surface area (TPSA) is 74.6 Å². The van der Waals surface area contributed by atoms with Crippen LogP contribution in [0, 0.1) is 34.5 Å². The molecule has 4 aliphatic carbocycles. The molecule has 0 saturated heterocycles. The van der Waals surface area contributed by atoms with Gasteiger partial charge in [0.1, 0.15) is 6.61 Å². The normalized spacial score (nSPS) is 51.3. The lowest BCUT2D eigenvalue weighted by molar-refractivity contribution is -0.195. The van der Waals surface area contributed by atoms with Gasteiger partial charge in [-0.05, 0) is 62.0 Å². The second-order valence-electron chi connectivity index (χ2n) is 9.67. The van der Waals surface area contributed by atoms with Crippen LogP contribution in [0.4, 0.5) is 4.39 Å². The predicted molar refractivity (Wildman–Crippen MR) is 98.5 cm³/mol. The Morgan fingerprint density at radius 2 is 2.04 bits per heavy atom. The minimum atomic E-state index is -1.85. The van der Waals surface area contributed by atoms with E-state index in [1.807, 2.05) is 13.8 Å². The van der Waals surface area contributed by atoms with Crippen LogP contribution in [-0.2, 0) is 9.59 Å². The van der Waals surface area contributed by atoms with Crippen molar-refractivity contribution in [3.63, 3.8) is 0 Å². The molecule has 148 valence electrons. The predicted octanol–water partition coefficient (Wildman–Crippen LogP) is 2.78. The molecule has 0 amide bonds. The number of aliphatic hydroxyl groups excluding tert-OH is 2. The van der Waals surface area contributed by atoms with Gasteiger partial charge in [-0.25, -0.2) is 4.39 Å². The Morgan fingerprint density at radius 3 is 2.70 bits per heavy atom. The Kier molecular flexibility index (Phi) is 4.11. The first-order chi connectivity index (χ1) is 12.6. The Balaban J connectivity index is 1.80. The maximum absolute atomic E-state index is 16.8. The fourth-order valence-corrected chi connectivity index (χ4v) is 7.36. The molecule has 0 aromatic heterocycles. The van der Waals surface area contributed by atoms with Crippen molar-refractivity contribution >= 4 is 11.6 Å². The van der Waals surface area contributed by atoms with Gasteiger partial charge in [-0.15, -0.1) is 0 Å². The zero-order valence-corrected chi connectivity index (χ0v) is 16.2. The molecule has 2 N–H and O–H groups in total. The van der Waals surface area contributed by atoms with Gasteiger partial charge in [0.05, 0.1) is 6.10 Å². The van der Waals surface area contributed by atoms with E-state index in [1.54, 1.807) is 13.0 Å². The Bertz CT molecular complexity index is 757. The molecule has 0 radical (unpaired) electrons. The molecule has 1 unspecified atom stereocenters. The molecule has 0 aromatic rings. The molecular weight excluding hydrogens is 347 g/mol. The molecule has 0 bridgehead atoms. The van der Waals surface area contributed by atoms with E-state index < -0.39 is 29.2 Å². The van der Waals surface area contributed by atoms with Crippen molar-refractivity contribution in [2.75, 3.05) is 6.61 Å². The standard InChI is InChI=1S/C22H29FO4/c1-12-8-16-15-5-4-13-9-14(25)6-7-21(13,3)22(15,23)18(27)10-20(16,2)19(12)17(26)11-24/h6-7,9,12,15-16,18-19,24,27H,4-5,8,10-11H2,1-3H3/t12-,15-,16-,18-,19+,20-,21-,22?/m0/s1. The van der Waals surface area contributed by atoms with Gasteiger partial charge >= 0.3 is 0 Å². The maximum atomic E-state index is 16.8. The van der Waals surface area contributed by atoms with Crippen LogP contribution >= 0.6 is 0 Å². The molecule has 27 heavy (non-hydrogen) atoms. The zero-order chi connectivity index (χ0) is 19.8. The third kappa shape index (κ3) is 2.21. The fraction of sp³-hybridized carbons (Fsp3) is 0.727. The van der Waals surface area contributed by atoms with E-state index >= 15 is 4.39 Å². The summed E-state index contributed by atoms with van der Waals surface area (Å²) >= 11 is 0. The summed E-state index contributed by atoms with van der Waals surface area (Å²) in [4.78, 5) is 24.3. The number of hydrogen-bond donors (Lipinski definition) is 2. The van der Waals surface area contributed by atoms with Crippen molar-refractivity contribution in [2.45, 2.75) is 58.2 Å². The molecule has 0 aliphatic heterocycles. The van der Waals surface area contributed by atoms with Crippen molar-refractivity contribution in [1.82, 2.24) is 0 Å². The van der Waals surface area contributed by atoms with E-state index in [1.165, 1.54) is 12.2 Å². The monoisotopic (exact) mass is 376 g/mol. The summed E-state index contributed by atoms with van der Waals surface area (Å²) in [6.07, 6.45) is 5.53. The van der Waals surface area contributed by atoms with Crippen LogP contribution in [-0.4, -0.2) is 40.2 Å². The number of rotatable bonds is 2. The molecule has 4 nitrogen and oxygen atoms in total. The highest BCUT2D eigenvalue weighted by atomic mass is 19.1. The average molecular weight is 376 g/mol. The quantitative estimate of drug-likeness (QED) is 0.777. The number of aliphatic hydroxyl groups is 2. The van der Waals surface area contributed by atoms with E-state index in [4.69, 9.17) is 0 Å². The van der Waals surface area contributed by atoms with Crippen molar-refractivity contribution < 1.29 is 24.2 Å². The molecule has 4 aliphatic rings. The molecule has 3 fully saturated rings. The third-order valence-electron chi connectivity index (χ3n) is 8.48. The molecule has 0 spiro atoms. The Labute approximate surface area is 159 Å². The number of alkyl halides is 1. The first kappa shape index (κ1) is 19.0. The molecule has 0 aromatic carbocycles. The first-order valence-corrected chi connectivity index (χ1v) is 10.0. The second-order valence-corrected chi connectivity index (χ2v) is 9.67. The molecule has 5 heteroatoms. The molecule has 4 rings (SSSR count). The largest absolute Gasteiger partial charge is 0.390 e. The van der Waals surface area contributed by atoms with E-state index in [-0.39, 0.29) is 41.7 Å². The zero-order valence-electron chi connectivity index (χ0n) is 16.2. The van der Waals surface area contributed by atoms with Crippen LogP contribution in [0.3, 0.4) is 0 Å². The summed E-state index contributed by atoms with van der Waals surface area (Å²) in [7, 11) is 0. The minimum absolute atomic E-state index is 0.0224. The van der Waals surface area contributed by atoms with Crippen LogP contribution in [0.1, 0.15) is 46.5 Å². The van der Waals surface area contributed by atoms with Crippen LogP contribution in [0.2, 0.25) is 0 Å². The Hall–Kier alpha value is -1.33. The van der Waals surface area contributed by atoms with Gasteiger partial charge in [0.2, 0.25) is 0 Å². The molecule has 8 atom stereocenters. The van der Waals surface area contributed by atoms with E-state index in [0.717, 1.165) is 12.0 Å². The van der Waals surface area contributed by atoms with Crippen LogP contribution < -0.4 is 0 Å². The number of Topliss-reactive ketones (excluding diaryl/α,β-unsaturated/α-hetero) is 1. The highest BCUT2D eigenvalue weighted by Crippen LogP contribution is 2.69. The summed E-state index contributed by atoms with van der Waals surface area (Å²) in [6.45, 7) is 5.29. The van der Waals surface area contributed by atoms with Gasteiger partial charge in [0, 0.05) is 17.3 Å². The van der Waals surface area contributed by atoms with Crippen LogP contribution in [0.5, 0.6) is 0 Å². The van der Waals surface area contributed by atoms with Crippen LogP contribution in [0.15, 0.2) is 23.8 Å². The van der Waals surface area contributed by atoms with Gasteiger partial charge in [0.15, 0.2) is 17.2 Å². The fourth-order valence-electron chi connectivity index (χ4n) is 7.36. The summed E-state index contributed by atoms with van der Waals surface area (Å²) in [5, 5.41) is 20.6. The number of hydrogen-bond acceptors (Lipinski definition) is 4. The van der Waals surface area contributed by atoms with Gasteiger partial charge in [0.25, 0.3) is 0 Å². The average Bonchev–Trinajstić information content (AvgIpc) is 2.86. The van der Waals surface area contributed by atoms with Crippen LogP contribution in [0.25, 0.3) is 0 Å². The second kappa shape index (κ2) is 5.84. The first-order valence-electron chi connectivity index (χ1n) is 10.0. The van der Waals surface area contributed by atoms with Crippen molar-refractivity contribution in [2.24, 2.45) is 34.5 Å². The van der Waals surface area contributed by atoms with E-state index in [0.29, 0.717) is 12.8 Å². The number of allylic oxidation sites excluding steroid dienone is 4. The SMILES string of the molecule is C[C@H]1C[C@H]2[C@@H]3CCC4=CC(=O)C=C[C@]4(C)C3(F)[C@@H](O)C[C@]2(C)[C@H]1C(=O)CO. The third-order valence-corrected chi connectivity index (χ3v) is 8.48. The minimum Gasteiger partial charge on any atom is -0.390 e. The van der Waals surface area contributed by atoms with E-state index in [9.17, 15) is 19.8 Å². The maximum Gasteiger partial charge on any atom is 0.178 e. The Morgan fingerprint density at radius 1 is 1.33 bits per heavy atom. The van der Waals surface area contributed by atoms with Crippen molar-refractivity contribution in [3.05, 3.63) is 23.8 Å². The summed E-state index contributed by atoms with van der Waals surface area (Å²) in [6, 6.07) is 0. The summed E-state index contributed by atoms with van der Waals surface area (Å²) in [5.74, 6) is -1.00. The lowest BCUT2D eigenvalue weighted by Crippen LogP contribution is -2.66. The summed E-state index contributed by atoms with van der Waals surface area (Å²) < 4.78 is 16.8. The lowest BCUT2D eigenvalue weighted by Gasteiger charge is -2.62. The van der Waals surface area contributed by atoms with Crippen molar-refractivity contribution in [1.29, 1.82) is 0 Å². The molecular formula is C22H29FO4. The molecule has 3 saturated carbocycles. The number of ketones is 2. The summed E-state index contributed by atoms with van der Waals surface area (Å²) in [5.41, 5.74) is -2.59. The van der Waals surface area contributed by atoms with E-state index in [2.05, 4.69) is 0 Å². The van der Waals surface area contributed by atoms with Gasteiger partial charge in [-0.3, -0.25) is 9.59 Å². The highest BCUT2D eigenvalue weighted by molar-refractivity contribution is 6.01. The van der Waals surface area contributed by atoms with Gasteiger partial charge < -0.3 is 10.2 Å². The molecule has 0 heterocycles. The van der Waals surface area contributed by atoms with Gasteiger partial charge in [-0.1, -0.05) is 25.5 Å². The van der Waals surface area contributed by atoms with Crippen molar-refractivity contribution in [3.8, 4) is 0 Å². The number of carbonyl (C=O) groups is 2. The number of fused-ring (bicyclic) bond motifs is 5. The van der Waals surface area contributed by atoms with Gasteiger partial charge in [-0.2, -0.15) is 0 Å². The lowest BCUT2D eigenvalue weighted by atomic mass is 9.45. The highest BCUT2D eigenvalue weighted by Gasteiger charge is 2.71. The number of halogens is 1. The smallest absolute Gasteiger partial charge is 0.178 e. The number of carbonyl (C=O) groups excluding carboxylic acids is 2.